The van der Waals surface area contributed by atoms with Crippen LogP contribution in [0.5, 0.6) is 5.75 Å². The summed E-state index contributed by atoms with van der Waals surface area (Å²) in [6.07, 6.45) is 2.71. The Bertz CT molecular complexity index is 953. The molecular weight excluding hydrogens is 394 g/mol. The maximum Gasteiger partial charge on any atom is 0.319 e. The number of benzene rings is 1. The second-order valence-electron chi connectivity index (χ2n) is 6.72. The van der Waals surface area contributed by atoms with Gasteiger partial charge in [-0.2, -0.15) is 0 Å². The van der Waals surface area contributed by atoms with Gasteiger partial charge in [-0.1, -0.05) is 37.1 Å². The van der Waals surface area contributed by atoms with Crippen LogP contribution in [-0.2, 0) is 11.2 Å². The van der Waals surface area contributed by atoms with Gasteiger partial charge in [0.05, 0.1) is 24.1 Å². The van der Waals surface area contributed by atoms with Crippen LogP contribution in [0.1, 0.15) is 44.2 Å². The van der Waals surface area contributed by atoms with E-state index >= 15 is 0 Å². The van der Waals surface area contributed by atoms with Gasteiger partial charge in [-0.3, -0.25) is 4.79 Å². The van der Waals surface area contributed by atoms with Gasteiger partial charge in [-0.15, -0.1) is 0 Å². The molecule has 3 rings (SSSR count). The molecule has 154 valence electrons. The summed E-state index contributed by atoms with van der Waals surface area (Å²) in [6, 6.07) is 5.93. The Morgan fingerprint density at radius 3 is 2.83 bits per heavy atom. The number of methoxy groups -OCH3 is 1. The van der Waals surface area contributed by atoms with E-state index in [0.717, 1.165) is 25.1 Å². The maximum absolute atomic E-state index is 13.1. The molecular formula is C20H24ClN5O3. The Morgan fingerprint density at radius 2 is 2.10 bits per heavy atom. The van der Waals surface area contributed by atoms with Crippen molar-refractivity contribution in [3.63, 3.8) is 0 Å². The lowest BCUT2D eigenvalue weighted by molar-refractivity contribution is -0.113. The van der Waals surface area contributed by atoms with Gasteiger partial charge in [0.15, 0.2) is 5.15 Å². The van der Waals surface area contributed by atoms with Crippen molar-refractivity contribution < 1.29 is 14.3 Å². The van der Waals surface area contributed by atoms with Crippen LogP contribution < -0.4 is 20.7 Å². The average Bonchev–Trinajstić information content (AvgIpc) is 3.06. The van der Waals surface area contributed by atoms with Gasteiger partial charge in [-0.05, 0) is 25.5 Å². The van der Waals surface area contributed by atoms with E-state index < -0.39 is 12.1 Å². The molecule has 0 aliphatic carbocycles. The lowest BCUT2D eigenvalue weighted by Crippen LogP contribution is -2.46. The van der Waals surface area contributed by atoms with Gasteiger partial charge in [0, 0.05) is 12.1 Å². The molecule has 0 fully saturated rings. The minimum Gasteiger partial charge on any atom is -0.495 e. The van der Waals surface area contributed by atoms with Crippen LogP contribution in [0.25, 0.3) is 0 Å². The standard InChI is InChI=1S/C20H24ClN5O3/c1-4-5-10-14-24-17(18(21)25-14)16-15(11(2)22-20(28)26-16)19(27)23-12-8-6-7-9-13(12)29-3/h6-9,16H,4-5,10H2,1-3H3,(H,23,27)(H,24,25)(H2,22,26,28). The summed E-state index contributed by atoms with van der Waals surface area (Å²) in [6.45, 7) is 3.76. The highest BCUT2D eigenvalue weighted by molar-refractivity contribution is 6.30. The van der Waals surface area contributed by atoms with Crippen LogP contribution in [-0.4, -0.2) is 29.0 Å². The topological polar surface area (TPSA) is 108 Å². The minimum atomic E-state index is -0.756. The van der Waals surface area contributed by atoms with Gasteiger partial charge in [0.2, 0.25) is 0 Å². The molecule has 3 amide bonds. The molecule has 2 heterocycles. The van der Waals surface area contributed by atoms with Gasteiger partial charge in [0.25, 0.3) is 5.91 Å². The van der Waals surface area contributed by atoms with Crippen molar-refractivity contribution in [2.45, 2.75) is 39.2 Å². The highest BCUT2D eigenvalue weighted by Crippen LogP contribution is 2.32. The number of hydrogen-bond donors (Lipinski definition) is 4. The number of nitrogens with one attached hydrogen (secondary N) is 4. The number of aromatic amines is 1. The quantitative estimate of drug-likeness (QED) is 0.551. The normalized spacial score (nSPS) is 16.3. The first-order chi connectivity index (χ1) is 13.9. The van der Waals surface area contributed by atoms with Crippen molar-refractivity contribution in [3.8, 4) is 5.75 Å². The van der Waals surface area contributed by atoms with E-state index in [4.69, 9.17) is 16.3 Å². The fraction of sp³-hybridized carbons (Fsp3) is 0.350. The number of allylic oxidation sites excluding steroid dienone is 1. The third-order valence-electron chi connectivity index (χ3n) is 4.66. The number of nitrogens with zero attached hydrogens (tertiary/aromatic N) is 1. The summed E-state index contributed by atoms with van der Waals surface area (Å²) in [5, 5.41) is 8.49. The number of imidazole rings is 1. The second kappa shape index (κ2) is 9.00. The number of carbonyl (C=O) groups excluding carboxylic acids is 2. The third kappa shape index (κ3) is 4.54. The van der Waals surface area contributed by atoms with Gasteiger partial charge in [0.1, 0.15) is 17.6 Å². The van der Waals surface area contributed by atoms with Crippen LogP contribution in [0.2, 0.25) is 5.15 Å². The number of aromatic nitrogens is 2. The Kier molecular flexibility index (Phi) is 6.43. The number of carbonyl (C=O) groups is 2. The van der Waals surface area contributed by atoms with Crippen LogP contribution >= 0.6 is 11.6 Å². The first kappa shape index (κ1) is 20.7. The number of para-hydroxylation sites is 2. The van der Waals surface area contributed by atoms with Crippen LogP contribution in [0.3, 0.4) is 0 Å². The molecule has 4 N–H and O–H groups in total. The average molecular weight is 418 g/mol. The van der Waals surface area contributed by atoms with Crippen LogP contribution in [0.15, 0.2) is 35.5 Å². The number of amides is 3. The van der Waals surface area contributed by atoms with E-state index in [2.05, 4.69) is 32.8 Å². The maximum atomic E-state index is 13.1. The zero-order valence-corrected chi connectivity index (χ0v) is 17.3. The summed E-state index contributed by atoms with van der Waals surface area (Å²) in [5.74, 6) is 0.872. The van der Waals surface area contributed by atoms with E-state index in [1.165, 1.54) is 7.11 Å². The lowest BCUT2D eigenvalue weighted by atomic mass is 9.99. The van der Waals surface area contributed by atoms with E-state index in [9.17, 15) is 9.59 Å². The van der Waals surface area contributed by atoms with E-state index in [-0.39, 0.29) is 11.1 Å². The van der Waals surface area contributed by atoms with Crippen LogP contribution in [0.4, 0.5) is 10.5 Å². The molecule has 1 aromatic carbocycles. The number of ether oxygens (including phenoxy) is 1. The zero-order valence-electron chi connectivity index (χ0n) is 16.6. The van der Waals surface area contributed by atoms with Crippen molar-refractivity contribution in [2.24, 2.45) is 0 Å². The third-order valence-corrected chi connectivity index (χ3v) is 4.95. The highest BCUT2D eigenvalue weighted by Gasteiger charge is 2.34. The summed E-state index contributed by atoms with van der Waals surface area (Å²) in [4.78, 5) is 32.7. The monoisotopic (exact) mass is 417 g/mol. The van der Waals surface area contributed by atoms with Crippen molar-refractivity contribution in [2.75, 3.05) is 12.4 Å². The number of urea groups is 1. The molecule has 29 heavy (non-hydrogen) atoms. The van der Waals surface area contributed by atoms with Gasteiger partial charge >= 0.3 is 6.03 Å². The molecule has 0 spiro atoms. The fourth-order valence-corrected chi connectivity index (χ4v) is 3.47. The molecule has 2 aromatic rings. The molecule has 9 heteroatoms. The summed E-state index contributed by atoms with van der Waals surface area (Å²) >= 11 is 6.34. The molecule has 1 atom stereocenters. The molecule has 1 unspecified atom stereocenters. The van der Waals surface area contributed by atoms with Gasteiger partial charge < -0.3 is 25.7 Å². The Hall–Kier alpha value is -3.00. The van der Waals surface area contributed by atoms with E-state index in [1.54, 1.807) is 25.1 Å². The second-order valence-corrected chi connectivity index (χ2v) is 7.07. The minimum absolute atomic E-state index is 0.235. The largest absolute Gasteiger partial charge is 0.495 e. The Labute approximate surface area is 174 Å². The molecule has 0 saturated carbocycles. The number of unbranched alkanes of at least 4 members (excludes halogenated alkanes) is 1. The van der Waals surface area contributed by atoms with Crippen molar-refractivity contribution in [3.05, 3.63) is 52.2 Å². The highest BCUT2D eigenvalue weighted by atomic mass is 35.5. The molecule has 8 nitrogen and oxygen atoms in total. The van der Waals surface area contributed by atoms with Crippen molar-refractivity contribution >= 4 is 29.2 Å². The number of hydrogen-bond acceptors (Lipinski definition) is 4. The summed E-state index contributed by atoms with van der Waals surface area (Å²) < 4.78 is 5.30. The first-order valence-corrected chi connectivity index (χ1v) is 9.79. The SMILES string of the molecule is CCCCc1nc(Cl)c(C2NC(=O)NC(C)=C2C(=O)Nc2ccccc2OC)[nH]1. The Morgan fingerprint density at radius 1 is 1.34 bits per heavy atom. The number of anilines is 1. The number of rotatable bonds is 7. The lowest BCUT2D eigenvalue weighted by Gasteiger charge is -2.28. The summed E-state index contributed by atoms with van der Waals surface area (Å²) in [7, 11) is 1.53. The molecule has 0 radical (unpaired) electrons. The van der Waals surface area contributed by atoms with Crippen molar-refractivity contribution in [1.29, 1.82) is 0 Å². The van der Waals surface area contributed by atoms with E-state index in [0.29, 0.717) is 28.4 Å². The van der Waals surface area contributed by atoms with E-state index in [1.807, 2.05) is 6.07 Å². The molecule has 0 bridgehead atoms. The first-order valence-electron chi connectivity index (χ1n) is 9.41. The molecule has 1 aliphatic rings. The predicted octanol–water partition coefficient (Wildman–Crippen LogP) is 3.68. The molecule has 1 aromatic heterocycles. The number of halogens is 1. The summed E-state index contributed by atoms with van der Waals surface area (Å²) in [5.41, 5.74) is 1.78. The van der Waals surface area contributed by atoms with Crippen molar-refractivity contribution in [1.82, 2.24) is 20.6 Å². The zero-order chi connectivity index (χ0) is 21.0. The molecule has 1 aliphatic heterocycles. The van der Waals surface area contributed by atoms with Crippen LogP contribution in [0, 0.1) is 0 Å². The number of H-pyrrole nitrogens is 1. The fourth-order valence-electron chi connectivity index (χ4n) is 3.22. The van der Waals surface area contributed by atoms with Gasteiger partial charge in [-0.25, -0.2) is 9.78 Å². The molecule has 0 saturated heterocycles. The number of aryl methyl sites for hydroxylation is 1. The Balaban J connectivity index is 1.94. The smallest absolute Gasteiger partial charge is 0.319 e. The predicted molar refractivity (Wildman–Crippen MR) is 111 cm³/mol.